The molecule has 0 fully saturated rings. The van der Waals surface area contributed by atoms with E-state index in [1.165, 1.54) is 45.0 Å². The number of halogens is 4. The Kier molecular flexibility index (Phi) is 5.15. The van der Waals surface area contributed by atoms with Crippen molar-refractivity contribution in [2.45, 2.75) is 26.3 Å². The largest absolute Gasteiger partial charge is 0.501 e. The van der Waals surface area contributed by atoms with Gasteiger partial charge >= 0.3 is 5.51 Å². The summed E-state index contributed by atoms with van der Waals surface area (Å²) in [6.45, 7) is 4.45. The Morgan fingerprint density at radius 2 is 1.59 bits per heavy atom. The molecule has 0 heterocycles. The van der Waals surface area contributed by atoms with Crippen LogP contribution >= 0.6 is 15.9 Å². The summed E-state index contributed by atoms with van der Waals surface area (Å²) in [5.74, 6) is 0. The maximum atomic E-state index is 13.0. The molecule has 0 aliphatic rings. The predicted octanol–water partition coefficient (Wildman–Crippen LogP) is 4.66. The highest BCUT2D eigenvalue weighted by Crippen LogP contribution is 2.41. The van der Waals surface area contributed by atoms with E-state index in [1.54, 1.807) is 6.07 Å². The van der Waals surface area contributed by atoms with Crippen molar-refractivity contribution < 1.29 is 21.6 Å². The summed E-state index contributed by atoms with van der Waals surface area (Å²) < 4.78 is 63.4. The van der Waals surface area contributed by atoms with Crippen LogP contribution in [-0.2, 0) is 9.84 Å². The van der Waals surface area contributed by atoms with Gasteiger partial charge in [0.05, 0.1) is 16.5 Å². The highest BCUT2D eigenvalue weighted by atomic mass is 79.9. The standard InChI is InChI=1S/C14H13BrF3NO2S/c1-13(2,3)11(8-19)12(22(20,21)14(16,17)18)9-4-6-10(15)7-5-9/h4-7H,1-3H3/b12-11+. The summed E-state index contributed by atoms with van der Waals surface area (Å²) in [7, 11) is -5.66. The fourth-order valence-electron chi connectivity index (χ4n) is 1.71. The second-order valence-corrected chi connectivity index (χ2v) is 8.32. The highest BCUT2D eigenvalue weighted by Gasteiger charge is 2.50. The SMILES string of the molecule is CC(C)(C)/C(C#N)=C(\c1ccc(Br)cc1)S(=O)(=O)C(F)(F)F. The molecule has 120 valence electrons. The number of benzene rings is 1. The topological polar surface area (TPSA) is 57.9 Å². The first kappa shape index (κ1) is 18.7. The fourth-order valence-corrected chi connectivity index (χ4v) is 3.27. The fraction of sp³-hybridized carbons (Fsp3) is 0.357. The average Bonchev–Trinajstić information content (AvgIpc) is 2.34. The Bertz CT molecular complexity index is 736. The van der Waals surface area contributed by atoms with Gasteiger partial charge in [-0.3, -0.25) is 0 Å². The van der Waals surface area contributed by atoms with Crippen molar-refractivity contribution in [3.05, 3.63) is 39.9 Å². The summed E-state index contributed by atoms with van der Waals surface area (Å²) in [4.78, 5) is -0.998. The molecule has 1 rings (SSSR count). The van der Waals surface area contributed by atoms with E-state index >= 15 is 0 Å². The number of hydrogen-bond donors (Lipinski definition) is 0. The number of hydrogen-bond acceptors (Lipinski definition) is 3. The van der Waals surface area contributed by atoms with E-state index in [0.717, 1.165) is 0 Å². The van der Waals surface area contributed by atoms with Gasteiger partial charge in [-0.1, -0.05) is 48.8 Å². The van der Waals surface area contributed by atoms with E-state index in [0.29, 0.717) is 4.47 Å². The third-order valence-corrected chi connectivity index (χ3v) is 4.88. The van der Waals surface area contributed by atoms with Gasteiger partial charge in [0.1, 0.15) is 0 Å². The quantitative estimate of drug-likeness (QED) is 0.683. The van der Waals surface area contributed by atoms with Crippen LogP contribution in [0.25, 0.3) is 4.91 Å². The lowest BCUT2D eigenvalue weighted by Crippen LogP contribution is -2.27. The Morgan fingerprint density at radius 1 is 1.14 bits per heavy atom. The Balaban J connectivity index is 3.88. The number of sulfone groups is 1. The molecule has 1 aromatic rings. The number of allylic oxidation sites excluding steroid dienone is 1. The molecule has 0 aliphatic carbocycles. The zero-order valence-electron chi connectivity index (χ0n) is 12.0. The van der Waals surface area contributed by atoms with Crippen LogP contribution in [0.2, 0.25) is 0 Å². The normalized spacial score (nSPS) is 14.3. The minimum Gasteiger partial charge on any atom is -0.214 e. The van der Waals surface area contributed by atoms with Gasteiger partial charge in [0.15, 0.2) is 0 Å². The van der Waals surface area contributed by atoms with Crippen LogP contribution in [0.3, 0.4) is 0 Å². The lowest BCUT2D eigenvalue weighted by Gasteiger charge is -2.22. The molecular formula is C14H13BrF3NO2S. The molecular weight excluding hydrogens is 383 g/mol. The van der Waals surface area contributed by atoms with Crippen LogP contribution < -0.4 is 0 Å². The third-order valence-electron chi connectivity index (χ3n) is 2.77. The molecule has 0 saturated heterocycles. The zero-order chi connectivity index (χ0) is 17.3. The molecule has 0 unspecified atom stereocenters. The maximum absolute atomic E-state index is 13.0. The molecule has 0 aromatic heterocycles. The Labute approximate surface area is 135 Å². The van der Waals surface area contributed by atoms with Gasteiger partial charge in [-0.15, -0.1) is 0 Å². The molecule has 0 amide bonds. The smallest absolute Gasteiger partial charge is 0.214 e. The highest BCUT2D eigenvalue weighted by molar-refractivity contribution is 9.10. The molecule has 0 aliphatic heterocycles. The number of rotatable bonds is 2. The molecule has 0 bridgehead atoms. The van der Waals surface area contributed by atoms with Crippen LogP contribution in [0.1, 0.15) is 26.3 Å². The van der Waals surface area contributed by atoms with Crippen molar-refractivity contribution in [2.24, 2.45) is 5.41 Å². The van der Waals surface area contributed by atoms with Crippen molar-refractivity contribution in [3.63, 3.8) is 0 Å². The molecule has 0 radical (unpaired) electrons. The van der Waals surface area contributed by atoms with Crippen LogP contribution in [0.4, 0.5) is 13.2 Å². The predicted molar refractivity (Wildman–Crippen MR) is 81.1 cm³/mol. The van der Waals surface area contributed by atoms with Gasteiger partial charge in [0.2, 0.25) is 0 Å². The maximum Gasteiger partial charge on any atom is 0.501 e. The van der Waals surface area contributed by atoms with Crippen molar-refractivity contribution in [1.29, 1.82) is 5.26 Å². The van der Waals surface area contributed by atoms with Gasteiger partial charge in [0, 0.05) is 4.47 Å². The van der Waals surface area contributed by atoms with E-state index in [4.69, 9.17) is 0 Å². The second-order valence-electron chi connectivity index (χ2n) is 5.52. The molecule has 3 nitrogen and oxygen atoms in total. The number of alkyl halides is 3. The minimum absolute atomic E-state index is 0.174. The summed E-state index contributed by atoms with van der Waals surface area (Å²) >= 11 is 3.13. The number of nitrogens with zero attached hydrogens (tertiary/aromatic N) is 1. The molecule has 8 heteroatoms. The van der Waals surface area contributed by atoms with Gasteiger partial charge in [-0.2, -0.15) is 18.4 Å². The van der Waals surface area contributed by atoms with Crippen molar-refractivity contribution >= 4 is 30.7 Å². The third kappa shape index (κ3) is 3.70. The molecule has 22 heavy (non-hydrogen) atoms. The van der Waals surface area contributed by atoms with Crippen molar-refractivity contribution in [2.75, 3.05) is 0 Å². The summed E-state index contributed by atoms with van der Waals surface area (Å²) in [6, 6.07) is 6.91. The van der Waals surface area contributed by atoms with E-state index in [1.807, 2.05) is 0 Å². The average molecular weight is 396 g/mol. The van der Waals surface area contributed by atoms with E-state index in [-0.39, 0.29) is 5.56 Å². The first-order valence-electron chi connectivity index (χ1n) is 6.04. The minimum atomic E-state index is -5.66. The first-order valence-corrected chi connectivity index (χ1v) is 8.32. The van der Waals surface area contributed by atoms with Crippen LogP contribution in [-0.4, -0.2) is 13.9 Å². The van der Waals surface area contributed by atoms with E-state index in [2.05, 4.69) is 15.9 Å². The van der Waals surface area contributed by atoms with Gasteiger partial charge in [-0.05, 0) is 23.1 Å². The first-order chi connectivity index (χ1) is 9.82. The van der Waals surface area contributed by atoms with Gasteiger partial charge in [0.25, 0.3) is 9.84 Å². The lowest BCUT2D eigenvalue weighted by molar-refractivity contribution is -0.0420. The van der Waals surface area contributed by atoms with E-state index in [9.17, 15) is 26.9 Å². The van der Waals surface area contributed by atoms with Crippen LogP contribution in [0, 0.1) is 16.7 Å². The van der Waals surface area contributed by atoms with Crippen LogP contribution in [0.5, 0.6) is 0 Å². The summed E-state index contributed by atoms with van der Waals surface area (Å²) in [6.07, 6.45) is 0. The molecule has 0 spiro atoms. The molecule has 0 saturated carbocycles. The van der Waals surface area contributed by atoms with E-state index < -0.39 is 31.2 Å². The Hall–Kier alpha value is -1.33. The van der Waals surface area contributed by atoms with Crippen molar-refractivity contribution in [1.82, 2.24) is 0 Å². The van der Waals surface area contributed by atoms with Gasteiger partial charge < -0.3 is 0 Å². The summed E-state index contributed by atoms with van der Waals surface area (Å²) in [5, 5.41) is 9.23. The monoisotopic (exact) mass is 395 g/mol. The molecule has 0 atom stereocenters. The second kappa shape index (κ2) is 6.05. The lowest BCUT2D eigenvalue weighted by atomic mass is 9.86. The van der Waals surface area contributed by atoms with Crippen molar-refractivity contribution in [3.8, 4) is 6.07 Å². The Morgan fingerprint density at radius 3 is 1.91 bits per heavy atom. The number of nitriles is 1. The zero-order valence-corrected chi connectivity index (χ0v) is 14.4. The molecule has 1 aromatic carbocycles. The molecule has 0 N–H and O–H groups in total. The summed E-state index contributed by atoms with van der Waals surface area (Å²) in [5.41, 5.74) is -7.16. The van der Waals surface area contributed by atoms with Crippen LogP contribution in [0.15, 0.2) is 34.3 Å². The van der Waals surface area contributed by atoms with Gasteiger partial charge in [-0.25, -0.2) is 8.42 Å².